The molecule has 2 aromatic carbocycles. The van der Waals surface area contributed by atoms with E-state index in [9.17, 15) is 4.39 Å². The topological polar surface area (TPSA) is 24.4 Å². The van der Waals surface area contributed by atoms with Crippen molar-refractivity contribution in [1.82, 2.24) is 0 Å². The minimum absolute atomic E-state index is 0.267. The predicted molar refractivity (Wildman–Crippen MR) is 76.4 cm³/mol. The van der Waals surface area contributed by atoms with Gasteiger partial charge in [0.05, 0.1) is 11.4 Å². The number of hydrogen-bond donors (Lipinski definition) is 1. The molecule has 0 aliphatic heterocycles. The molecular formula is C14H12BrFN2. The van der Waals surface area contributed by atoms with Gasteiger partial charge in [0.2, 0.25) is 0 Å². The van der Waals surface area contributed by atoms with Crippen molar-refractivity contribution < 1.29 is 4.39 Å². The standard InChI is InChI=1S/C14H12BrFN2/c1-10(13-4-2-3-5-14(13)16)17-18-12-8-6-11(15)7-9-12/h2-9,18H,1H3/b17-10+. The monoisotopic (exact) mass is 306 g/mol. The second-order valence-corrected chi connectivity index (χ2v) is 4.71. The van der Waals surface area contributed by atoms with E-state index in [1.165, 1.54) is 6.07 Å². The maximum absolute atomic E-state index is 13.5. The highest BCUT2D eigenvalue weighted by Gasteiger charge is 2.03. The summed E-state index contributed by atoms with van der Waals surface area (Å²) in [5.41, 5.74) is 4.86. The molecule has 92 valence electrons. The van der Waals surface area contributed by atoms with Crippen LogP contribution in [0.5, 0.6) is 0 Å². The first kappa shape index (κ1) is 12.8. The Kier molecular flexibility index (Phi) is 4.10. The Morgan fingerprint density at radius 3 is 2.44 bits per heavy atom. The third-order valence-corrected chi connectivity index (χ3v) is 2.99. The molecule has 0 bridgehead atoms. The number of nitrogens with zero attached hydrogens (tertiary/aromatic N) is 1. The largest absolute Gasteiger partial charge is 0.278 e. The molecule has 4 heteroatoms. The maximum atomic E-state index is 13.5. The first-order valence-electron chi connectivity index (χ1n) is 5.47. The summed E-state index contributed by atoms with van der Waals surface area (Å²) in [4.78, 5) is 0. The van der Waals surface area contributed by atoms with E-state index >= 15 is 0 Å². The zero-order valence-corrected chi connectivity index (χ0v) is 11.4. The lowest BCUT2D eigenvalue weighted by Gasteiger charge is -2.04. The lowest BCUT2D eigenvalue weighted by molar-refractivity contribution is 0.625. The molecule has 0 spiro atoms. The van der Waals surface area contributed by atoms with E-state index in [0.29, 0.717) is 11.3 Å². The number of nitrogens with one attached hydrogen (secondary N) is 1. The minimum Gasteiger partial charge on any atom is -0.278 e. The van der Waals surface area contributed by atoms with Gasteiger partial charge in [0.25, 0.3) is 0 Å². The molecule has 0 aliphatic rings. The summed E-state index contributed by atoms with van der Waals surface area (Å²) in [6.45, 7) is 1.77. The highest BCUT2D eigenvalue weighted by atomic mass is 79.9. The van der Waals surface area contributed by atoms with Gasteiger partial charge >= 0.3 is 0 Å². The Labute approximate surface area is 114 Å². The Hall–Kier alpha value is -1.68. The Morgan fingerprint density at radius 1 is 1.11 bits per heavy atom. The van der Waals surface area contributed by atoms with Gasteiger partial charge in [-0.3, -0.25) is 5.43 Å². The van der Waals surface area contributed by atoms with Crippen molar-refractivity contribution in [1.29, 1.82) is 0 Å². The van der Waals surface area contributed by atoms with E-state index in [1.807, 2.05) is 24.3 Å². The number of hydrogen-bond acceptors (Lipinski definition) is 2. The first-order valence-corrected chi connectivity index (χ1v) is 6.27. The van der Waals surface area contributed by atoms with Crippen molar-refractivity contribution in [2.24, 2.45) is 5.10 Å². The van der Waals surface area contributed by atoms with Crippen molar-refractivity contribution in [2.75, 3.05) is 5.43 Å². The van der Waals surface area contributed by atoms with E-state index in [1.54, 1.807) is 25.1 Å². The molecule has 0 saturated heterocycles. The maximum Gasteiger partial charge on any atom is 0.132 e. The van der Waals surface area contributed by atoms with Gasteiger partial charge in [0, 0.05) is 10.0 Å². The number of halogens is 2. The van der Waals surface area contributed by atoms with Crippen molar-refractivity contribution in [3.63, 3.8) is 0 Å². The molecule has 0 saturated carbocycles. The van der Waals surface area contributed by atoms with Gasteiger partial charge in [0.15, 0.2) is 0 Å². The SMILES string of the molecule is C/C(=N\Nc1ccc(Br)cc1)c1ccccc1F. The van der Waals surface area contributed by atoms with Crippen molar-refractivity contribution >= 4 is 27.3 Å². The fraction of sp³-hybridized carbons (Fsp3) is 0.0714. The molecule has 2 nitrogen and oxygen atoms in total. The van der Waals surface area contributed by atoms with E-state index < -0.39 is 0 Å². The van der Waals surface area contributed by atoms with Crippen LogP contribution in [0.4, 0.5) is 10.1 Å². The zero-order valence-electron chi connectivity index (χ0n) is 9.82. The Balaban J connectivity index is 2.14. The Bertz CT molecular complexity index is 564. The van der Waals surface area contributed by atoms with E-state index in [-0.39, 0.29) is 5.82 Å². The van der Waals surface area contributed by atoms with Crippen LogP contribution in [0.25, 0.3) is 0 Å². The molecule has 2 rings (SSSR count). The normalized spacial score (nSPS) is 11.4. The summed E-state index contributed by atoms with van der Waals surface area (Å²) in [5.74, 6) is -0.267. The number of benzene rings is 2. The minimum atomic E-state index is -0.267. The van der Waals surface area contributed by atoms with Crippen molar-refractivity contribution in [3.05, 3.63) is 64.4 Å². The fourth-order valence-electron chi connectivity index (χ4n) is 1.49. The molecule has 0 aliphatic carbocycles. The third-order valence-electron chi connectivity index (χ3n) is 2.46. The van der Waals surface area contributed by atoms with Crippen LogP contribution in [0.2, 0.25) is 0 Å². The van der Waals surface area contributed by atoms with Gasteiger partial charge in [-0.25, -0.2) is 4.39 Å². The summed E-state index contributed by atoms with van der Waals surface area (Å²) in [7, 11) is 0. The van der Waals surface area contributed by atoms with Gasteiger partial charge in [-0.05, 0) is 37.3 Å². The molecule has 0 aromatic heterocycles. The van der Waals surface area contributed by atoms with Gasteiger partial charge in [0.1, 0.15) is 5.82 Å². The molecule has 0 atom stereocenters. The summed E-state index contributed by atoms with van der Waals surface area (Å²) in [6, 6.07) is 14.2. The molecule has 0 fully saturated rings. The van der Waals surface area contributed by atoms with E-state index in [2.05, 4.69) is 26.5 Å². The number of hydrazone groups is 1. The van der Waals surface area contributed by atoms with E-state index in [0.717, 1.165) is 10.2 Å². The third kappa shape index (κ3) is 3.17. The van der Waals surface area contributed by atoms with Crippen molar-refractivity contribution in [2.45, 2.75) is 6.92 Å². The Morgan fingerprint density at radius 2 is 1.78 bits per heavy atom. The van der Waals surface area contributed by atoms with Crippen LogP contribution in [0.1, 0.15) is 12.5 Å². The fourth-order valence-corrected chi connectivity index (χ4v) is 1.75. The molecule has 0 radical (unpaired) electrons. The van der Waals surface area contributed by atoms with Gasteiger partial charge in [-0.15, -0.1) is 0 Å². The average Bonchev–Trinajstić information content (AvgIpc) is 2.38. The van der Waals surface area contributed by atoms with Gasteiger partial charge in [-0.1, -0.05) is 34.1 Å². The van der Waals surface area contributed by atoms with Crippen LogP contribution in [0.3, 0.4) is 0 Å². The average molecular weight is 307 g/mol. The number of anilines is 1. The highest BCUT2D eigenvalue weighted by Crippen LogP contribution is 2.14. The second-order valence-electron chi connectivity index (χ2n) is 3.80. The smallest absolute Gasteiger partial charge is 0.132 e. The summed E-state index contributed by atoms with van der Waals surface area (Å²) in [5, 5.41) is 4.17. The summed E-state index contributed by atoms with van der Waals surface area (Å²) >= 11 is 3.36. The lowest BCUT2D eigenvalue weighted by Crippen LogP contribution is -2.02. The van der Waals surface area contributed by atoms with Gasteiger partial charge < -0.3 is 0 Å². The van der Waals surface area contributed by atoms with Crippen LogP contribution in [-0.4, -0.2) is 5.71 Å². The van der Waals surface area contributed by atoms with Crippen LogP contribution < -0.4 is 5.43 Å². The van der Waals surface area contributed by atoms with E-state index in [4.69, 9.17) is 0 Å². The summed E-state index contributed by atoms with van der Waals surface area (Å²) in [6.07, 6.45) is 0. The highest BCUT2D eigenvalue weighted by molar-refractivity contribution is 9.10. The van der Waals surface area contributed by atoms with Gasteiger partial charge in [-0.2, -0.15) is 5.10 Å². The van der Waals surface area contributed by atoms with Crippen LogP contribution in [0, 0.1) is 5.82 Å². The van der Waals surface area contributed by atoms with Crippen LogP contribution >= 0.6 is 15.9 Å². The van der Waals surface area contributed by atoms with Crippen molar-refractivity contribution in [3.8, 4) is 0 Å². The molecule has 18 heavy (non-hydrogen) atoms. The zero-order chi connectivity index (χ0) is 13.0. The quantitative estimate of drug-likeness (QED) is 0.658. The molecule has 1 N–H and O–H groups in total. The molecule has 0 heterocycles. The lowest BCUT2D eigenvalue weighted by atomic mass is 10.1. The second kappa shape index (κ2) is 5.78. The number of rotatable bonds is 3. The first-order chi connectivity index (χ1) is 8.66. The molecule has 0 amide bonds. The molecule has 0 unspecified atom stereocenters. The van der Waals surface area contributed by atoms with Crippen LogP contribution in [-0.2, 0) is 0 Å². The molecular weight excluding hydrogens is 295 g/mol. The molecule has 2 aromatic rings. The summed E-state index contributed by atoms with van der Waals surface area (Å²) < 4.78 is 14.5. The predicted octanol–water partition coefficient (Wildman–Crippen LogP) is 4.42. The van der Waals surface area contributed by atoms with Crippen LogP contribution in [0.15, 0.2) is 58.1 Å².